The molecule has 2 aromatic rings. The smallest absolute Gasteiger partial charge is 0.192 e. The highest BCUT2D eigenvalue weighted by atomic mass is 19.1. The summed E-state index contributed by atoms with van der Waals surface area (Å²) in [5.74, 6) is 2.40. The molecule has 10 heteroatoms. The van der Waals surface area contributed by atoms with Crippen LogP contribution in [0.1, 0.15) is 18.1 Å². The lowest BCUT2D eigenvalue weighted by Crippen LogP contribution is -2.45. The molecule has 2 aromatic heterocycles. The first-order chi connectivity index (χ1) is 13.6. The van der Waals surface area contributed by atoms with Crippen molar-refractivity contribution in [2.45, 2.75) is 25.9 Å². The van der Waals surface area contributed by atoms with Crippen LogP contribution in [0.3, 0.4) is 0 Å². The Labute approximate surface area is 164 Å². The number of anilines is 1. The number of methoxy groups -OCH3 is 1. The second kappa shape index (κ2) is 9.45. The van der Waals surface area contributed by atoms with Crippen LogP contribution in [0.4, 0.5) is 10.2 Å². The molecule has 1 atom stereocenters. The number of hydrogen-bond donors (Lipinski definition) is 2. The number of aromatic nitrogens is 4. The van der Waals surface area contributed by atoms with Crippen molar-refractivity contribution in [2.24, 2.45) is 12.0 Å². The average molecular weight is 390 g/mol. The van der Waals surface area contributed by atoms with Gasteiger partial charge in [-0.3, -0.25) is 0 Å². The van der Waals surface area contributed by atoms with E-state index in [0.717, 1.165) is 24.6 Å². The molecule has 0 bridgehead atoms. The summed E-state index contributed by atoms with van der Waals surface area (Å²) in [7, 11) is 3.58. The van der Waals surface area contributed by atoms with Crippen LogP contribution in [-0.2, 0) is 18.3 Å². The largest absolute Gasteiger partial charge is 0.383 e. The molecule has 152 valence electrons. The Morgan fingerprint density at radius 3 is 3.00 bits per heavy atom. The number of nitrogens with one attached hydrogen (secondary N) is 2. The molecule has 9 nitrogen and oxygen atoms in total. The highest BCUT2D eigenvalue weighted by molar-refractivity contribution is 5.80. The van der Waals surface area contributed by atoms with Gasteiger partial charge in [-0.15, -0.1) is 10.2 Å². The van der Waals surface area contributed by atoms with Crippen molar-refractivity contribution in [1.29, 1.82) is 0 Å². The third-order valence-electron chi connectivity index (χ3n) is 4.73. The number of hydrogen-bond acceptors (Lipinski definition) is 6. The lowest BCUT2D eigenvalue weighted by Gasteiger charge is -2.20. The van der Waals surface area contributed by atoms with Crippen LogP contribution in [0.5, 0.6) is 0 Å². The zero-order valence-corrected chi connectivity index (χ0v) is 16.5. The van der Waals surface area contributed by atoms with Crippen LogP contribution in [0.25, 0.3) is 0 Å². The van der Waals surface area contributed by atoms with Gasteiger partial charge in [0.15, 0.2) is 23.4 Å². The first-order valence-corrected chi connectivity index (χ1v) is 9.32. The molecule has 1 aliphatic heterocycles. The number of guanidine groups is 1. The van der Waals surface area contributed by atoms with Crippen LogP contribution >= 0.6 is 0 Å². The van der Waals surface area contributed by atoms with Gasteiger partial charge in [-0.05, 0) is 25.5 Å². The fourth-order valence-corrected chi connectivity index (χ4v) is 3.04. The molecule has 3 heterocycles. The minimum absolute atomic E-state index is 0.136. The molecular formula is C18H27FN8O. The van der Waals surface area contributed by atoms with Crippen LogP contribution in [0, 0.1) is 12.7 Å². The highest BCUT2D eigenvalue weighted by Gasteiger charge is 2.26. The van der Waals surface area contributed by atoms with E-state index in [1.165, 1.54) is 6.07 Å². The van der Waals surface area contributed by atoms with E-state index in [4.69, 9.17) is 4.74 Å². The molecule has 1 saturated heterocycles. The summed E-state index contributed by atoms with van der Waals surface area (Å²) in [5, 5.41) is 14.9. The number of rotatable bonds is 7. The second-order valence-corrected chi connectivity index (χ2v) is 6.69. The van der Waals surface area contributed by atoms with E-state index in [9.17, 15) is 4.39 Å². The van der Waals surface area contributed by atoms with Gasteiger partial charge in [0, 0.05) is 46.0 Å². The Bertz CT molecular complexity index is 809. The van der Waals surface area contributed by atoms with Gasteiger partial charge in [-0.2, -0.15) is 0 Å². The molecule has 0 aromatic carbocycles. The number of nitrogens with zero attached hydrogens (tertiary/aromatic N) is 6. The number of ether oxygens (including phenoxy) is 1. The third kappa shape index (κ3) is 4.94. The molecule has 1 aliphatic rings. The van der Waals surface area contributed by atoms with Crippen molar-refractivity contribution in [3.63, 3.8) is 0 Å². The van der Waals surface area contributed by atoms with E-state index in [1.807, 2.05) is 23.4 Å². The zero-order chi connectivity index (χ0) is 19.9. The standard InChI is InChI=1S/C18H27FN8O/c1-13-24-25-16(26(13)2)11-22-18(21-8-10-28-3)23-14-6-9-27(12-14)17-15(19)5-4-7-20-17/h4-5,7,14H,6,8-12H2,1-3H3,(H2,21,22,23). The van der Waals surface area contributed by atoms with Crippen molar-refractivity contribution in [3.05, 3.63) is 35.8 Å². The topological polar surface area (TPSA) is 92.5 Å². The van der Waals surface area contributed by atoms with Gasteiger partial charge >= 0.3 is 0 Å². The van der Waals surface area contributed by atoms with Crippen LogP contribution in [0.15, 0.2) is 23.3 Å². The highest BCUT2D eigenvalue weighted by Crippen LogP contribution is 2.20. The number of aryl methyl sites for hydroxylation is 1. The van der Waals surface area contributed by atoms with E-state index in [-0.39, 0.29) is 11.9 Å². The fourth-order valence-electron chi connectivity index (χ4n) is 3.04. The van der Waals surface area contributed by atoms with Gasteiger partial charge in [-0.25, -0.2) is 14.4 Å². The van der Waals surface area contributed by atoms with Crippen molar-refractivity contribution < 1.29 is 9.13 Å². The summed E-state index contributed by atoms with van der Waals surface area (Å²) in [5.41, 5.74) is 0. The van der Waals surface area contributed by atoms with E-state index < -0.39 is 0 Å². The van der Waals surface area contributed by atoms with Crippen LogP contribution in [0.2, 0.25) is 0 Å². The molecule has 2 N–H and O–H groups in total. The quantitative estimate of drug-likeness (QED) is 0.407. The number of aliphatic imine (C=N–C) groups is 1. The van der Waals surface area contributed by atoms with Gasteiger partial charge in [-0.1, -0.05) is 0 Å². The van der Waals surface area contributed by atoms with Gasteiger partial charge < -0.3 is 24.8 Å². The van der Waals surface area contributed by atoms with Crippen molar-refractivity contribution in [2.75, 3.05) is 38.3 Å². The van der Waals surface area contributed by atoms with E-state index in [0.29, 0.717) is 38.0 Å². The fraction of sp³-hybridized carbons (Fsp3) is 0.556. The Morgan fingerprint density at radius 1 is 1.43 bits per heavy atom. The van der Waals surface area contributed by atoms with Crippen molar-refractivity contribution >= 4 is 11.8 Å². The van der Waals surface area contributed by atoms with E-state index >= 15 is 0 Å². The summed E-state index contributed by atoms with van der Waals surface area (Å²) < 4.78 is 21.0. The predicted molar refractivity (Wildman–Crippen MR) is 105 cm³/mol. The molecule has 0 spiro atoms. The SMILES string of the molecule is COCCNC(=NCc1nnc(C)n1C)NC1CCN(c2ncccc2F)C1. The molecule has 0 radical (unpaired) electrons. The summed E-state index contributed by atoms with van der Waals surface area (Å²) in [6, 6.07) is 3.17. The summed E-state index contributed by atoms with van der Waals surface area (Å²) in [6.07, 6.45) is 2.48. The molecule has 0 saturated carbocycles. The maximum Gasteiger partial charge on any atom is 0.192 e. The van der Waals surface area contributed by atoms with Crippen molar-refractivity contribution in [3.8, 4) is 0 Å². The monoisotopic (exact) mass is 390 g/mol. The predicted octanol–water partition coefficient (Wildman–Crippen LogP) is 0.618. The molecular weight excluding hydrogens is 363 g/mol. The average Bonchev–Trinajstić information content (AvgIpc) is 3.28. The third-order valence-corrected chi connectivity index (χ3v) is 4.73. The second-order valence-electron chi connectivity index (χ2n) is 6.69. The summed E-state index contributed by atoms with van der Waals surface area (Å²) >= 11 is 0. The molecule has 0 aliphatic carbocycles. The molecule has 28 heavy (non-hydrogen) atoms. The maximum atomic E-state index is 14.0. The van der Waals surface area contributed by atoms with Gasteiger partial charge in [0.2, 0.25) is 0 Å². The first kappa shape index (κ1) is 20.0. The minimum Gasteiger partial charge on any atom is -0.383 e. The Kier molecular flexibility index (Phi) is 6.75. The van der Waals surface area contributed by atoms with E-state index in [1.54, 1.807) is 19.4 Å². The summed E-state index contributed by atoms with van der Waals surface area (Å²) in [4.78, 5) is 10.7. The normalized spacial score (nSPS) is 17.2. The van der Waals surface area contributed by atoms with E-state index in [2.05, 4.69) is 30.8 Å². The van der Waals surface area contributed by atoms with Gasteiger partial charge in [0.05, 0.1) is 6.61 Å². The van der Waals surface area contributed by atoms with Gasteiger partial charge in [0.25, 0.3) is 0 Å². The number of pyridine rings is 1. The molecule has 1 unspecified atom stereocenters. The lowest BCUT2D eigenvalue weighted by atomic mass is 10.3. The first-order valence-electron chi connectivity index (χ1n) is 9.32. The van der Waals surface area contributed by atoms with Gasteiger partial charge in [0.1, 0.15) is 12.4 Å². The maximum absolute atomic E-state index is 14.0. The van der Waals surface area contributed by atoms with Crippen LogP contribution in [-0.4, -0.2) is 65.1 Å². The molecule has 0 amide bonds. The number of halogens is 1. The lowest BCUT2D eigenvalue weighted by molar-refractivity contribution is 0.203. The Hall–Kier alpha value is -2.75. The van der Waals surface area contributed by atoms with Crippen molar-refractivity contribution in [1.82, 2.24) is 30.4 Å². The molecule has 3 rings (SSSR count). The summed E-state index contributed by atoms with van der Waals surface area (Å²) in [6.45, 7) is 4.90. The minimum atomic E-state index is -0.298. The van der Waals surface area contributed by atoms with Crippen LogP contribution < -0.4 is 15.5 Å². The Morgan fingerprint density at radius 2 is 2.29 bits per heavy atom. The molecule has 1 fully saturated rings. The zero-order valence-electron chi connectivity index (χ0n) is 16.5. The Balaban J connectivity index is 1.63.